The molecule has 5 rings (SSSR count). The zero-order valence-corrected chi connectivity index (χ0v) is 16.5. The fraction of sp³-hybridized carbons (Fsp3) is 0.636. The van der Waals surface area contributed by atoms with Crippen molar-refractivity contribution in [2.24, 2.45) is 11.8 Å². The second-order valence-corrected chi connectivity index (χ2v) is 8.68. The average Bonchev–Trinajstić information content (AvgIpc) is 3.48. The van der Waals surface area contributed by atoms with E-state index in [9.17, 15) is 4.79 Å². The summed E-state index contributed by atoms with van der Waals surface area (Å²) in [6, 6.07) is 9.33. The van der Waals surface area contributed by atoms with Crippen LogP contribution in [-0.2, 0) is 4.79 Å². The number of rotatable bonds is 5. The summed E-state index contributed by atoms with van der Waals surface area (Å²) in [5.41, 5.74) is 1.79. The van der Waals surface area contributed by atoms with E-state index >= 15 is 0 Å². The molecule has 2 saturated heterocycles. The maximum absolute atomic E-state index is 12.3. The molecule has 6 nitrogen and oxygen atoms in total. The summed E-state index contributed by atoms with van der Waals surface area (Å²) >= 11 is 0. The first kappa shape index (κ1) is 18.0. The SMILES string of the molecule is O=C(NCC1CC1)C1CCN(C2CCN(c3nc4ccccc4o3)CC2)CC1. The van der Waals surface area contributed by atoms with E-state index in [0.29, 0.717) is 6.04 Å². The predicted octanol–water partition coefficient (Wildman–Crippen LogP) is 3.03. The molecule has 1 aromatic carbocycles. The number of carbonyl (C=O) groups excluding carboxylic acids is 1. The second-order valence-electron chi connectivity index (χ2n) is 8.68. The first-order chi connectivity index (χ1) is 13.8. The second kappa shape index (κ2) is 7.74. The molecule has 6 heteroatoms. The number of anilines is 1. The van der Waals surface area contributed by atoms with Crippen LogP contribution in [0.5, 0.6) is 0 Å². The number of oxazole rings is 1. The number of benzene rings is 1. The average molecular weight is 383 g/mol. The molecule has 2 aromatic rings. The molecule has 2 aliphatic heterocycles. The van der Waals surface area contributed by atoms with Crippen molar-refractivity contribution >= 4 is 23.0 Å². The van der Waals surface area contributed by atoms with Gasteiger partial charge in [-0.1, -0.05) is 12.1 Å². The maximum atomic E-state index is 12.3. The first-order valence-corrected chi connectivity index (χ1v) is 10.9. The fourth-order valence-electron chi connectivity index (χ4n) is 4.66. The van der Waals surface area contributed by atoms with Crippen molar-refractivity contribution in [1.82, 2.24) is 15.2 Å². The molecule has 0 unspecified atom stereocenters. The number of carbonyl (C=O) groups is 1. The summed E-state index contributed by atoms with van der Waals surface area (Å²) in [5, 5.41) is 3.16. The van der Waals surface area contributed by atoms with Gasteiger partial charge in [0, 0.05) is 31.6 Å². The molecule has 3 fully saturated rings. The van der Waals surface area contributed by atoms with Gasteiger partial charge >= 0.3 is 0 Å². The molecule has 150 valence electrons. The maximum Gasteiger partial charge on any atom is 0.298 e. The topological polar surface area (TPSA) is 61.6 Å². The van der Waals surface area contributed by atoms with Crippen LogP contribution in [0.25, 0.3) is 11.1 Å². The van der Waals surface area contributed by atoms with Gasteiger partial charge in [0.15, 0.2) is 5.58 Å². The zero-order valence-electron chi connectivity index (χ0n) is 16.5. The van der Waals surface area contributed by atoms with Crippen molar-refractivity contribution in [3.05, 3.63) is 24.3 Å². The molecule has 3 aliphatic rings. The van der Waals surface area contributed by atoms with Gasteiger partial charge in [-0.15, -0.1) is 0 Å². The molecule has 28 heavy (non-hydrogen) atoms. The van der Waals surface area contributed by atoms with Crippen LogP contribution in [-0.4, -0.2) is 54.6 Å². The van der Waals surface area contributed by atoms with E-state index in [-0.39, 0.29) is 11.8 Å². The summed E-state index contributed by atoms with van der Waals surface area (Å²) < 4.78 is 5.93. The zero-order chi connectivity index (χ0) is 18.9. The summed E-state index contributed by atoms with van der Waals surface area (Å²) in [4.78, 5) is 21.8. The summed E-state index contributed by atoms with van der Waals surface area (Å²) in [5.74, 6) is 1.27. The first-order valence-electron chi connectivity index (χ1n) is 10.9. The highest BCUT2D eigenvalue weighted by Crippen LogP contribution is 2.29. The van der Waals surface area contributed by atoms with E-state index in [2.05, 4.69) is 20.1 Å². The Morgan fingerprint density at radius 3 is 2.50 bits per heavy atom. The van der Waals surface area contributed by atoms with Gasteiger partial charge in [0.1, 0.15) is 5.52 Å². The number of amides is 1. The lowest BCUT2D eigenvalue weighted by Gasteiger charge is -2.41. The monoisotopic (exact) mass is 382 g/mol. The Labute approximate surface area is 166 Å². The van der Waals surface area contributed by atoms with Crippen molar-refractivity contribution in [2.45, 2.75) is 44.6 Å². The number of para-hydroxylation sites is 2. The van der Waals surface area contributed by atoms with Crippen LogP contribution in [0, 0.1) is 11.8 Å². The Balaban J connectivity index is 1.10. The highest BCUT2D eigenvalue weighted by molar-refractivity contribution is 5.78. The lowest BCUT2D eigenvalue weighted by molar-refractivity contribution is -0.126. The van der Waals surface area contributed by atoms with Crippen LogP contribution in [0.2, 0.25) is 0 Å². The Morgan fingerprint density at radius 2 is 1.79 bits per heavy atom. The predicted molar refractivity (Wildman–Crippen MR) is 109 cm³/mol. The fourth-order valence-corrected chi connectivity index (χ4v) is 4.66. The van der Waals surface area contributed by atoms with Gasteiger partial charge in [0.05, 0.1) is 0 Å². The van der Waals surface area contributed by atoms with Gasteiger partial charge in [0.25, 0.3) is 6.01 Å². The Morgan fingerprint density at radius 1 is 1.04 bits per heavy atom. The number of hydrogen-bond acceptors (Lipinski definition) is 5. The standard InChI is InChI=1S/C22H30N4O2/c27-21(23-15-16-5-6-16)17-7-11-25(12-8-17)18-9-13-26(14-10-18)22-24-19-3-1-2-4-20(19)28-22/h1-4,16-18H,5-15H2,(H,23,27). The van der Waals surface area contributed by atoms with Gasteiger partial charge in [-0.3, -0.25) is 4.79 Å². The molecule has 0 radical (unpaired) electrons. The number of nitrogens with zero attached hydrogens (tertiary/aromatic N) is 3. The molecule has 1 saturated carbocycles. The van der Waals surface area contributed by atoms with E-state index in [1.165, 1.54) is 12.8 Å². The molecule has 1 amide bonds. The molecule has 1 aromatic heterocycles. The largest absolute Gasteiger partial charge is 0.423 e. The van der Waals surface area contributed by atoms with E-state index in [4.69, 9.17) is 4.42 Å². The normalized spacial score (nSPS) is 22.6. The van der Waals surface area contributed by atoms with Gasteiger partial charge in [-0.05, 0) is 69.7 Å². The summed E-state index contributed by atoms with van der Waals surface area (Å²) in [6.07, 6.45) is 6.86. The van der Waals surface area contributed by atoms with Crippen molar-refractivity contribution in [2.75, 3.05) is 37.6 Å². The van der Waals surface area contributed by atoms with Crippen LogP contribution < -0.4 is 10.2 Å². The minimum Gasteiger partial charge on any atom is -0.423 e. The third-order valence-electron chi connectivity index (χ3n) is 6.70. The Hall–Kier alpha value is -2.08. The minimum atomic E-state index is 0.217. The van der Waals surface area contributed by atoms with Gasteiger partial charge in [0.2, 0.25) is 5.91 Å². The molecule has 0 bridgehead atoms. The summed E-state index contributed by atoms with van der Waals surface area (Å²) in [7, 11) is 0. The molecular weight excluding hydrogens is 352 g/mol. The Bertz CT molecular complexity index is 782. The van der Waals surface area contributed by atoms with E-state index in [1.807, 2.05) is 24.3 Å². The molecular formula is C22H30N4O2. The van der Waals surface area contributed by atoms with Gasteiger partial charge in [-0.25, -0.2) is 0 Å². The highest BCUT2D eigenvalue weighted by atomic mass is 16.4. The summed E-state index contributed by atoms with van der Waals surface area (Å²) in [6.45, 7) is 4.97. The van der Waals surface area contributed by atoms with E-state index in [0.717, 1.165) is 81.4 Å². The van der Waals surface area contributed by atoms with Crippen molar-refractivity contribution in [1.29, 1.82) is 0 Å². The number of aromatic nitrogens is 1. The third-order valence-corrected chi connectivity index (χ3v) is 6.70. The van der Waals surface area contributed by atoms with Gasteiger partial charge < -0.3 is 19.5 Å². The van der Waals surface area contributed by atoms with Crippen molar-refractivity contribution in [3.63, 3.8) is 0 Å². The molecule has 0 atom stereocenters. The minimum absolute atomic E-state index is 0.217. The van der Waals surface area contributed by atoms with Crippen molar-refractivity contribution < 1.29 is 9.21 Å². The molecule has 3 heterocycles. The van der Waals surface area contributed by atoms with E-state index in [1.54, 1.807) is 0 Å². The Kier molecular flexibility index (Phi) is 4.97. The number of piperidine rings is 2. The number of likely N-dealkylation sites (tertiary alicyclic amines) is 1. The molecule has 1 N–H and O–H groups in total. The van der Waals surface area contributed by atoms with Crippen LogP contribution >= 0.6 is 0 Å². The number of nitrogens with one attached hydrogen (secondary N) is 1. The van der Waals surface area contributed by atoms with Crippen molar-refractivity contribution in [3.8, 4) is 0 Å². The number of hydrogen-bond donors (Lipinski definition) is 1. The molecule has 1 aliphatic carbocycles. The smallest absolute Gasteiger partial charge is 0.298 e. The molecule has 0 spiro atoms. The highest BCUT2D eigenvalue weighted by Gasteiger charge is 2.32. The lowest BCUT2D eigenvalue weighted by atomic mass is 9.93. The lowest BCUT2D eigenvalue weighted by Crippen LogP contribution is -2.49. The van der Waals surface area contributed by atoms with E-state index < -0.39 is 0 Å². The quantitative estimate of drug-likeness (QED) is 0.861. The van der Waals surface area contributed by atoms with Crippen LogP contribution in [0.3, 0.4) is 0 Å². The van der Waals surface area contributed by atoms with Crippen LogP contribution in [0.4, 0.5) is 6.01 Å². The number of fused-ring (bicyclic) bond motifs is 1. The third kappa shape index (κ3) is 3.88. The van der Waals surface area contributed by atoms with Crippen LogP contribution in [0.1, 0.15) is 38.5 Å². The van der Waals surface area contributed by atoms with Gasteiger partial charge in [-0.2, -0.15) is 4.98 Å². The van der Waals surface area contributed by atoms with Crippen LogP contribution in [0.15, 0.2) is 28.7 Å².